The maximum absolute atomic E-state index is 12.4. The topological polar surface area (TPSA) is 97.7 Å². The molecule has 3 aliphatic rings. The van der Waals surface area contributed by atoms with Crippen LogP contribution in [0, 0.1) is 23.2 Å². The van der Waals surface area contributed by atoms with Crippen LogP contribution in [0.5, 0.6) is 5.75 Å². The maximum atomic E-state index is 12.4. The molecule has 0 spiro atoms. The van der Waals surface area contributed by atoms with E-state index in [1.807, 2.05) is 24.3 Å². The van der Waals surface area contributed by atoms with Crippen molar-refractivity contribution < 1.29 is 14.3 Å². The summed E-state index contributed by atoms with van der Waals surface area (Å²) in [5.74, 6) is 1.74. The van der Waals surface area contributed by atoms with E-state index in [1.165, 1.54) is 11.1 Å². The molecule has 2 N–H and O–H groups in total. The Morgan fingerprint density at radius 3 is 2.64 bits per heavy atom. The lowest BCUT2D eigenvalue weighted by atomic mass is 9.83. The third-order valence-corrected chi connectivity index (χ3v) is 8.45. The molecule has 3 atom stereocenters. The van der Waals surface area contributed by atoms with Gasteiger partial charge >= 0.3 is 0 Å². The fraction of sp³-hybridized carbons (Fsp3) is 0.424. The number of fused-ring (bicyclic) bond motifs is 1. The van der Waals surface area contributed by atoms with Crippen molar-refractivity contribution in [1.82, 2.24) is 0 Å². The number of benzene rings is 2. The van der Waals surface area contributed by atoms with Gasteiger partial charge in [-0.2, -0.15) is 5.26 Å². The molecule has 0 amide bonds. The molecule has 0 saturated carbocycles. The standard InChI is InChI=1S/C33H37N3O3/c1-20-21(2)29(24-7-4-5-13-38-14-6-8-24)18-32(36-22(20)3)39-31-15-23(19-34)9-11-27(31)25-10-12-28-26(16-25)17-30(35)33(28)37/h9-12,15-16,18,20,24,30H,4-8,13-14,17,35H2,1-3H3. The van der Waals surface area contributed by atoms with Gasteiger partial charge in [-0.25, -0.2) is 4.99 Å². The van der Waals surface area contributed by atoms with Gasteiger partial charge in [-0.1, -0.05) is 37.1 Å². The van der Waals surface area contributed by atoms with E-state index in [0.29, 0.717) is 35.1 Å². The van der Waals surface area contributed by atoms with Crippen LogP contribution in [0.3, 0.4) is 0 Å². The number of nitriles is 1. The van der Waals surface area contributed by atoms with Crippen LogP contribution in [0.25, 0.3) is 11.1 Å². The molecule has 1 saturated heterocycles. The summed E-state index contributed by atoms with van der Waals surface area (Å²) in [7, 11) is 0. The van der Waals surface area contributed by atoms with Gasteiger partial charge in [-0.3, -0.25) is 4.79 Å². The van der Waals surface area contributed by atoms with Crippen molar-refractivity contribution in [2.45, 2.75) is 65.3 Å². The number of nitrogens with zero attached hydrogens (tertiary/aromatic N) is 2. The normalized spacial score (nSPS) is 24.0. The number of aliphatic imine (C=N–C) groups is 1. The summed E-state index contributed by atoms with van der Waals surface area (Å²) in [6, 6.07) is 13.0. The molecule has 6 nitrogen and oxygen atoms in total. The summed E-state index contributed by atoms with van der Waals surface area (Å²) in [6.45, 7) is 8.14. The smallest absolute Gasteiger partial charge is 0.219 e. The number of carbonyl (C=O) groups excluding carboxylic acids is 1. The van der Waals surface area contributed by atoms with Crippen LogP contribution in [0.15, 0.2) is 64.5 Å². The van der Waals surface area contributed by atoms with Gasteiger partial charge in [-0.15, -0.1) is 0 Å². The first kappa shape index (κ1) is 27.1. The van der Waals surface area contributed by atoms with E-state index in [2.05, 4.69) is 32.9 Å². The SMILES string of the molecule is CC1=NC(Oc2cc(C#N)ccc2-c2ccc3c(c2)CC(N)C3=O)=CC(C2CCCCOCCC2)=C(C)C1C. The van der Waals surface area contributed by atoms with Crippen LogP contribution >= 0.6 is 0 Å². The molecule has 202 valence electrons. The van der Waals surface area contributed by atoms with Gasteiger partial charge in [0.2, 0.25) is 5.88 Å². The Morgan fingerprint density at radius 2 is 1.82 bits per heavy atom. The molecule has 39 heavy (non-hydrogen) atoms. The van der Waals surface area contributed by atoms with Gasteiger partial charge in [0.25, 0.3) is 0 Å². The van der Waals surface area contributed by atoms with Crippen molar-refractivity contribution in [3.05, 3.63) is 76.2 Å². The Kier molecular flexibility index (Phi) is 8.11. The summed E-state index contributed by atoms with van der Waals surface area (Å²) in [6.07, 6.45) is 8.11. The largest absolute Gasteiger partial charge is 0.438 e. The lowest BCUT2D eigenvalue weighted by Gasteiger charge is -2.22. The number of ether oxygens (including phenoxy) is 2. The monoisotopic (exact) mass is 523 g/mol. The lowest BCUT2D eigenvalue weighted by molar-refractivity contribution is 0.0974. The number of Topliss-reactive ketones (excluding diaryl/α,β-unsaturated/α-hetero) is 1. The highest BCUT2D eigenvalue weighted by atomic mass is 16.5. The molecular weight excluding hydrogens is 486 g/mol. The summed E-state index contributed by atoms with van der Waals surface area (Å²) in [4.78, 5) is 17.3. The second-order valence-corrected chi connectivity index (χ2v) is 11.0. The van der Waals surface area contributed by atoms with E-state index < -0.39 is 6.04 Å². The second kappa shape index (κ2) is 11.7. The van der Waals surface area contributed by atoms with E-state index in [1.54, 1.807) is 12.1 Å². The Bertz CT molecular complexity index is 1400. The van der Waals surface area contributed by atoms with E-state index in [0.717, 1.165) is 67.7 Å². The fourth-order valence-corrected chi connectivity index (χ4v) is 5.92. The predicted molar refractivity (Wildman–Crippen MR) is 154 cm³/mol. The van der Waals surface area contributed by atoms with Crippen LogP contribution in [-0.4, -0.2) is 30.8 Å². The zero-order valence-corrected chi connectivity index (χ0v) is 23.1. The lowest BCUT2D eigenvalue weighted by Crippen LogP contribution is -2.26. The quantitative estimate of drug-likeness (QED) is 0.491. The first-order valence-electron chi connectivity index (χ1n) is 14.1. The molecule has 2 heterocycles. The molecule has 5 rings (SSSR count). The highest BCUT2D eigenvalue weighted by Gasteiger charge is 2.28. The Morgan fingerprint density at radius 1 is 1.05 bits per heavy atom. The van der Waals surface area contributed by atoms with Gasteiger partial charge in [-0.05, 0) is 86.8 Å². The molecular formula is C33H37N3O3. The average Bonchev–Trinajstić information content (AvgIpc) is 3.25. The number of nitrogens with two attached hydrogens (primary N) is 1. The van der Waals surface area contributed by atoms with Gasteiger partial charge in [0, 0.05) is 42.0 Å². The van der Waals surface area contributed by atoms with E-state index in [4.69, 9.17) is 20.2 Å². The van der Waals surface area contributed by atoms with E-state index in [9.17, 15) is 10.1 Å². The minimum atomic E-state index is -0.486. The number of allylic oxidation sites excluding steroid dienone is 3. The van der Waals surface area contributed by atoms with Crippen LogP contribution in [0.4, 0.5) is 0 Å². The predicted octanol–water partition coefficient (Wildman–Crippen LogP) is 6.54. The number of ketones is 1. The highest BCUT2D eigenvalue weighted by molar-refractivity contribution is 6.04. The molecule has 2 aromatic carbocycles. The minimum Gasteiger partial charge on any atom is -0.438 e. The molecule has 0 aromatic heterocycles. The first-order chi connectivity index (χ1) is 18.9. The van der Waals surface area contributed by atoms with Crippen molar-refractivity contribution >= 4 is 11.5 Å². The van der Waals surface area contributed by atoms with Gasteiger partial charge in [0.15, 0.2) is 5.78 Å². The Labute approximate surface area is 231 Å². The Hall–Kier alpha value is -3.53. The molecule has 0 radical (unpaired) electrons. The molecule has 2 aliphatic heterocycles. The van der Waals surface area contributed by atoms with Crippen molar-refractivity contribution in [3.63, 3.8) is 0 Å². The fourth-order valence-electron chi connectivity index (χ4n) is 5.92. The highest BCUT2D eigenvalue weighted by Crippen LogP contribution is 2.38. The number of hydrogen-bond acceptors (Lipinski definition) is 6. The van der Waals surface area contributed by atoms with Crippen LogP contribution in [-0.2, 0) is 11.2 Å². The summed E-state index contributed by atoms with van der Waals surface area (Å²) in [5, 5.41) is 9.64. The van der Waals surface area contributed by atoms with Gasteiger partial charge < -0.3 is 15.2 Å². The second-order valence-electron chi connectivity index (χ2n) is 11.0. The molecule has 2 aromatic rings. The Balaban J connectivity index is 1.53. The number of rotatable bonds is 4. The number of carbonyl (C=O) groups is 1. The van der Waals surface area contributed by atoms with Crippen LogP contribution < -0.4 is 10.5 Å². The van der Waals surface area contributed by atoms with Crippen LogP contribution in [0.1, 0.15) is 74.4 Å². The van der Waals surface area contributed by atoms with Crippen LogP contribution in [0.2, 0.25) is 0 Å². The third kappa shape index (κ3) is 5.75. The first-order valence-corrected chi connectivity index (χ1v) is 14.1. The molecule has 0 bridgehead atoms. The third-order valence-electron chi connectivity index (χ3n) is 8.45. The molecule has 1 fully saturated rings. The summed E-state index contributed by atoms with van der Waals surface area (Å²) >= 11 is 0. The average molecular weight is 524 g/mol. The number of hydrogen-bond donors (Lipinski definition) is 1. The maximum Gasteiger partial charge on any atom is 0.219 e. The van der Waals surface area contributed by atoms with Gasteiger partial charge in [0.1, 0.15) is 5.75 Å². The van der Waals surface area contributed by atoms with Crippen molar-refractivity contribution in [3.8, 4) is 22.9 Å². The van der Waals surface area contributed by atoms with Gasteiger partial charge in [0.05, 0.1) is 17.7 Å². The summed E-state index contributed by atoms with van der Waals surface area (Å²) in [5.41, 5.74) is 13.6. The van der Waals surface area contributed by atoms with E-state index in [-0.39, 0.29) is 11.7 Å². The zero-order valence-electron chi connectivity index (χ0n) is 23.1. The van der Waals surface area contributed by atoms with Crippen molar-refractivity contribution in [2.24, 2.45) is 22.6 Å². The van der Waals surface area contributed by atoms with Crippen molar-refractivity contribution in [2.75, 3.05) is 13.2 Å². The van der Waals surface area contributed by atoms with E-state index >= 15 is 0 Å². The zero-order chi connectivity index (χ0) is 27.5. The molecule has 1 aliphatic carbocycles. The van der Waals surface area contributed by atoms with Crippen molar-refractivity contribution in [1.29, 1.82) is 5.26 Å². The molecule has 3 unspecified atom stereocenters. The molecule has 6 heteroatoms. The summed E-state index contributed by atoms with van der Waals surface area (Å²) < 4.78 is 12.3. The minimum absolute atomic E-state index is 0.0124.